The molecule has 5 rings (SSSR count). The van der Waals surface area contributed by atoms with Crippen LogP contribution in [0.25, 0.3) is 22.4 Å². The fourth-order valence-corrected chi connectivity index (χ4v) is 8.18. The van der Waals surface area contributed by atoms with Gasteiger partial charge in [-0.15, -0.1) is 11.3 Å². The van der Waals surface area contributed by atoms with Crippen molar-refractivity contribution in [3.63, 3.8) is 0 Å². The number of hydrogen-bond acceptors (Lipinski definition) is 6. The fraction of sp³-hybridized carbons (Fsp3) is 0.333. The van der Waals surface area contributed by atoms with E-state index in [1.54, 1.807) is 11.3 Å². The van der Waals surface area contributed by atoms with Crippen LogP contribution in [0.4, 0.5) is 0 Å². The van der Waals surface area contributed by atoms with Crippen LogP contribution in [-0.2, 0) is 16.8 Å². The van der Waals surface area contributed by atoms with Gasteiger partial charge in [0.25, 0.3) is 0 Å². The minimum atomic E-state index is -0.956. The van der Waals surface area contributed by atoms with Crippen LogP contribution in [0.15, 0.2) is 70.5 Å². The summed E-state index contributed by atoms with van der Waals surface area (Å²) in [6.07, 6.45) is 7.88. The van der Waals surface area contributed by atoms with Crippen LogP contribution in [0, 0.1) is 5.41 Å². The van der Waals surface area contributed by atoms with Gasteiger partial charge in [0.2, 0.25) is 0 Å². The van der Waals surface area contributed by atoms with Gasteiger partial charge in [0.15, 0.2) is 0 Å². The van der Waals surface area contributed by atoms with Crippen molar-refractivity contribution in [2.24, 2.45) is 5.41 Å². The second kappa shape index (κ2) is 13.9. The number of rotatable bonds is 12. The van der Waals surface area contributed by atoms with E-state index in [2.05, 4.69) is 63.8 Å². The minimum absolute atomic E-state index is 0. The summed E-state index contributed by atoms with van der Waals surface area (Å²) < 4.78 is 2.17. The second-order valence-electron chi connectivity index (χ2n) is 11.3. The van der Waals surface area contributed by atoms with Gasteiger partial charge < -0.3 is 15.0 Å². The molecular formula is C33H33BrNNaO3S2. The van der Waals surface area contributed by atoms with E-state index in [0.29, 0.717) is 0 Å². The summed E-state index contributed by atoms with van der Waals surface area (Å²) in [6, 6.07) is 20.8. The number of aliphatic hydroxyl groups is 1. The number of hydrogen-bond donors (Lipinski definition) is 1. The summed E-state index contributed by atoms with van der Waals surface area (Å²) in [5.74, 6) is -0.152. The molecule has 4 nitrogen and oxygen atoms in total. The summed E-state index contributed by atoms with van der Waals surface area (Å²) >= 11 is 7.11. The molecule has 2 aromatic carbocycles. The number of pyridine rings is 1. The zero-order valence-electron chi connectivity index (χ0n) is 23.7. The average Bonchev–Trinajstić information content (AvgIpc) is 3.58. The maximum absolute atomic E-state index is 11.4. The van der Waals surface area contributed by atoms with E-state index >= 15 is 0 Å². The fourth-order valence-electron chi connectivity index (χ4n) is 5.14. The molecule has 1 aliphatic rings. The van der Waals surface area contributed by atoms with Gasteiger partial charge in [-0.3, -0.25) is 0 Å². The van der Waals surface area contributed by atoms with Crippen molar-refractivity contribution >= 4 is 67.4 Å². The number of carboxylic acids is 1. The quantitative estimate of drug-likeness (QED) is 0.222. The van der Waals surface area contributed by atoms with Crippen LogP contribution >= 0.6 is 39.0 Å². The van der Waals surface area contributed by atoms with Gasteiger partial charge in [-0.05, 0) is 114 Å². The Morgan fingerprint density at radius 2 is 1.95 bits per heavy atom. The first kappa shape index (κ1) is 32.5. The molecule has 8 heteroatoms. The first-order valence-corrected chi connectivity index (χ1v) is 16.3. The van der Waals surface area contributed by atoms with Gasteiger partial charge >= 0.3 is 29.6 Å². The summed E-state index contributed by atoms with van der Waals surface area (Å²) in [7, 11) is 0. The van der Waals surface area contributed by atoms with Crippen LogP contribution in [0.5, 0.6) is 0 Å². The average molecular weight is 659 g/mol. The van der Waals surface area contributed by atoms with Crippen LogP contribution in [0.1, 0.15) is 72.7 Å². The largest absolute Gasteiger partial charge is 1.00 e. The Morgan fingerprint density at radius 1 is 1.17 bits per heavy atom. The number of benzene rings is 2. The van der Waals surface area contributed by atoms with Gasteiger partial charge in [0.05, 0.1) is 26.0 Å². The van der Waals surface area contributed by atoms with Crippen LogP contribution < -0.4 is 34.7 Å². The first-order chi connectivity index (χ1) is 19.1. The molecule has 0 aliphatic heterocycles. The molecule has 0 amide bonds. The van der Waals surface area contributed by atoms with E-state index in [-0.39, 0.29) is 46.6 Å². The molecule has 1 aliphatic carbocycles. The number of aromatic nitrogens is 1. The normalized spacial score (nSPS) is 15.1. The van der Waals surface area contributed by atoms with Crippen molar-refractivity contribution in [1.82, 2.24) is 4.98 Å². The number of carboxylic acid groups (broad SMARTS) is 1. The number of carbonyl (C=O) groups is 1. The van der Waals surface area contributed by atoms with E-state index < -0.39 is 11.6 Å². The molecule has 0 saturated heterocycles. The van der Waals surface area contributed by atoms with Crippen molar-refractivity contribution in [2.75, 3.05) is 5.75 Å². The number of thiophene rings is 1. The van der Waals surface area contributed by atoms with E-state index in [9.17, 15) is 15.0 Å². The van der Waals surface area contributed by atoms with E-state index in [1.807, 2.05) is 56.0 Å². The van der Waals surface area contributed by atoms with E-state index in [1.165, 1.54) is 5.56 Å². The molecule has 1 fully saturated rings. The zero-order valence-corrected chi connectivity index (χ0v) is 28.9. The third kappa shape index (κ3) is 8.56. The number of nitrogens with zero attached hydrogens (tertiary/aromatic N) is 1. The molecule has 4 aromatic rings. The van der Waals surface area contributed by atoms with Crippen LogP contribution in [0.3, 0.4) is 0 Å². The Kier molecular flexibility index (Phi) is 11.0. The monoisotopic (exact) mass is 657 g/mol. The van der Waals surface area contributed by atoms with Gasteiger partial charge in [-0.1, -0.05) is 54.6 Å². The number of aliphatic carboxylic acids is 1. The van der Waals surface area contributed by atoms with Crippen molar-refractivity contribution < 1.29 is 44.6 Å². The molecule has 0 spiro atoms. The predicted octanol–water partition coefficient (Wildman–Crippen LogP) is 4.79. The second-order valence-corrected chi connectivity index (χ2v) is 14.2. The Morgan fingerprint density at radius 3 is 2.68 bits per heavy atom. The topological polar surface area (TPSA) is 73.2 Å². The maximum Gasteiger partial charge on any atom is 1.00 e. The molecule has 1 atom stereocenters. The minimum Gasteiger partial charge on any atom is -0.550 e. The predicted molar refractivity (Wildman–Crippen MR) is 169 cm³/mol. The summed E-state index contributed by atoms with van der Waals surface area (Å²) in [6.45, 7) is 3.66. The van der Waals surface area contributed by atoms with Gasteiger partial charge in [0, 0.05) is 16.6 Å². The molecule has 2 aromatic heterocycles. The van der Waals surface area contributed by atoms with Gasteiger partial charge in [0.1, 0.15) is 0 Å². The van der Waals surface area contributed by atoms with Crippen LogP contribution in [0.2, 0.25) is 0 Å². The zero-order chi connectivity index (χ0) is 28.3. The molecule has 41 heavy (non-hydrogen) atoms. The molecule has 0 bridgehead atoms. The van der Waals surface area contributed by atoms with Crippen LogP contribution in [-0.4, -0.2) is 21.8 Å². The summed E-state index contributed by atoms with van der Waals surface area (Å²) in [4.78, 5) is 16.1. The van der Waals surface area contributed by atoms with E-state index in [0.717, 1.165) is 68.5 Å². The summed E-state index contributed by atoms with van der Waals surface area (Å²) in [5.41, 5.74) is 5.26. The number of fused-ring (bicyclic) bond motifs is 1. The van der Waals surface area contributed by atoms with Crippen molar-refractivity contribution in [3.05, 3.63) is 98.5 Å². The molecule has 1 N–H and O–H groups in total. The van der Waals surface area contributed by atoms with Gasteiger partial charge in [-0.2, -0.15) is 11.8 Å². The first-order valence-electron chi connectivity index (χ1n) is 13.6. The molecule has 2 heterocycles. The smallest absolute Gasteiger partial charge is 0.550 e. The number of thioether (sulfide) groups is 1. The maximum atomic E-state index is 11.4. The Labute approximate surface area is 281 Å². The summed E-state index contributed by atoms with van der Waals surface area (Å²) in [5, 5.41) is 24.3. The number of aryl methyl sites for hydroxylation is 1. The standard InChI is InChI=1S/C33H34BrNO3S2.Na/c1-32(2,38)26-9-4-3-7-23(26)11-14-28(40-21-33(16-17-33)19-30(36)37)24-8-5-6-22(18-24)10-12-25-13-15-29-31(35-25)27(34)20-39-29;/h3-10,12-13,15,18,20,28,38H,11,14,16-17,19,21H2,1-2H3,(H,36,37);/q;+1/p-1/t28-;/m1./s1. The number of halogens is 1. The van der Waals surface area contributed by atoms with Crippen molar-refractivity contribution in [3.8, 4) is 0 Å². The van der Waals surface area contributed by atoms with Gasteiger partial charge in [-0.25, -0.2) is 4.98 Å². The van der Waals surface area contributed by atoms with Crippen molar-refractivity contribution in [2.45, 2.75) is 56.8 Å². The molecule has 0 radical (unpaired) electrons. The third-order valence-corrected chi connectivity index (χ3v) is 11.1. The molecule has 0 unspecified atom stereocenters. The molecule has 1 saturated carbocycles. The molecule has 208 valence electrons. The SMILES string of the molecule is CC(C)(O)c1ccccc1CC[C@@H](SCC1(CC(=O)[O-])CC1)c1cccc(C=Cc2ccc3scc(Br)c3n2)c1.[Na+]. The molecular weight excluding hydrogens is 625 g/mol. The van der Waals surface area contributed by atoms with Crippen molar-refractivity contribution in [1.29, 1.82) is 0 Å². The Hall–Kier alpha value is -1.45. The number of carbonyl (C=O) groups excluding carboxylic acids is 1. The van der Waals surface area contributed by atoms with E-state index in [4.69, 9.17) is 4.98 Å². The third-order valence-electron chi connectivity index (χ3n) is 7.54. The Balaban J connectivity index is 0.00000387. The Bertz CT molecular complexity index is 1540.